The Kier molecular flexibility index (Phi) is 3.32. The lowest BCUT2D eigenvalue weighted by Crippen LogP contribution is -2.43. The van der Waals surface area contributed by atoms with Crippen LogP contribution >= 0.6 is 22.6 Å². The van der Waals surface area contributed by atoms with Crippen molar-refractivity contribution in [3.05, 3.63) is 33.4 Å². The lowest BCUT2D eigenvalue weighted by Gasteiger charge is -2.28. The van der Waals surface area contributed by atoms with Crippen LogP contribution < -0.4 is 5.32 Å². The minimum absolute atomic E-state index is 0.198. The second kappa shape index (κ2) is 4.81. The normalized spacial score (nSPS) is 30.6. The predicted molar refractivity (Wildman–Crippen MR) is 79.6 cm³/mol. The molecule has 2 aliphatic heterocycles. The van der Waals surface area contributed by atoms with Gasteiger partial charge in [-0.15, -0.1) is 0 Å². The van der Waals surface area contributed by atoms with Gasteiger partial charge in [-0.25, -0.2) is 0 Å². The molecule has 1 aromatic rings. The average Bonchev–Trinajstić information content (AvgIpc) is 2.88. The molecule has 0 bridgehead atoms. The third kappa shape index (κ3) is 1.95. The van der Waals surface area contributed by atoms with E-state index in [4.69, 9.17) is 0 Å². The van der Waals surface area contributed by atoms with Crippen LogP contribution in [0.15, 0.2) is 24.3 Å². The summed E-state index contributed by atoms with van der Waals surface area (Å²) in [7, 11) is 0. The Morgan fingerprint density at radius 2 is 2.17 bits per heavy atom. The van der Waals surface area contributed by atoms with E-state index in [-0.39, 0.29) is 5.91 Å². The van der Waals surface area contributed by atoms with Crippen molar-refractivity contribution in [2.75, 3.05) is 13.1 Å². The van der Waals surface area contributed by atoms with Gasteiger partial charge in [0.1, 0.15) is 0 Å². The number of carbonyl (C=O) groups is 1. The largest absolute Gasteiger partial charge is 0.331 e. The van der Waals surface area contributed by atoms with Crippen LogP contribution in [-0.4, -0.2) is 36.0 Å². The molecule has 0 saturated carbocycles. The molecule has 0 aromatic heterocycles. The summed E-state index contributed by atoms with van der Waals surface area (Å²) < 4.78 is 1.04. The van der Waals surface area contributed by atoms with E-state index in [1.54, 1.807) is 0 Å². The molecule has 18 heavy (non-hydrogen) atoms. The van der Waals surface area contributed by atoms with Gasteiger partial charge in [-0.1, -0.05) is 12.1 Å². The summed E-state index contributed by atoms with van der Waals surface area (Å²) in [5.41, 5.74) is 0.845. The zero-order chi connectivity index (χ0) is 12.7. The van der Waals surface area contributed by atoms with Crippen molar-refractivity contribution < 1.29 is 4.79 Å². The quantitative estimate of drug-likeness (QED) is 0.782. The van der Waals surface area contributed by atoms with E-state index >= 15 is 0 Å². The molecule has 1 N–H and O–H groups in total. The number of nitrogens with zero attached hydrogens (tertiary/aromatic N) is 1. The van der Waals surface area contributed by atoms with Gasteiger partial charge in [-0.3, -0.25) is 4.79 Å². The Morgan fingerprint density at radius 3 is 2.94 bits per heavy atom. The molecule has 2 saturated heterocycles. The minimum Gasteiger partial charge on any atom is -0.331 e. The number of nitrogens with one attached hydrogen (secondary N) is 1. The Hall–Kier alpha value is -0.620. The van der Waals surface area contributed by atoms with E-state index in [1.807, 2.05) is 24.3 Å². The fraction of sp³-hybridized carbons (Fsp3) is 0.500. The van der Waals surface area contributed by atoms with Gasteiger partial charge in [0.05, 0.1) is 5.56 Å². The van der Waals surface area contributed by atoms with E-state index in [0.717, 1.165) is 28.6 Å². The van der Waals surface area contributed by atoms with E-state index in [1.165, 1.54) is 0 Å². The van der Waals surface area contributed by atoms with Gasteiger partial charge in [0.15, 0.2) is 0 Å². The summed E-state index contributed by atoms with van der Waals surface area (Å²) in [4.78, 5) is 14.8. The topological polar surface area (TPSA) is 32.3 Å². The number of amides is 1. The van der Waals surface area contributed by atoms with Gasteiger partial charge in [0.25, 0.3) is 5.91 Å². The number of rotatable bonds is 1. The molecule has 3 rings (SSSR count). The number of hydrogen-bond donors (Lipinski definition) is 1. The van der Waals surface area contributed by atoms with Crippen molar-refractivity contribution in [1.29, 1.82) is 0 Å². The third-order valence-electron chi connectivity index (χ3n) is 4.12. The van der Waals surface area contributed by atoms with Crippen LogP contribution in [0.25, 0.3) is 0 Å². The molecule has 4 heteroatoms. The van der Waals surface area contributed by atoms with Crippen LogP contribution in [-0.2, 0) is 0 Å². The number of likely N-dealkylation sites (tertiary alicyclic amines) is 1. The number of hydrogen-bond acceptors (Lipinski definition) is 2. The molecule has 3 atom stereocenters. The Bertz CT molecular complexity index is 477. The summed E-state index contributed by atoms with van der Waals surface area (Å²) in [6, 6.07) is 8.62. The molecule has 96 valence electrons. The summed E-state index contributed by atoms with van der Waals surface area (Å²) in [6.45, 7) is 4.18. The van der Waals surface area contributed by atoms with E-state index in [2.05, 4.69) is 39.7 Å². The maximum Gasteiger partial charge on any atom is 0.255 e. The van der Waals surface area contributed by atoms with Crippen molar-refractivity contribution in [3.63, 3.8) is 0 Å². The second-order valence-electron chi connectivity index (χ2n) is 5.26. The Labute approximate surface area is 121 Å². The van der Waals surface area contributed by atoms with Crippen LogP contribution in [0, 0.1) is 9.49 Å². The zero-order valence-corrected chi connectivity index (χ0v) is 12.6. The SMILES string of the molecule is CC1CC2CNCC2N1C(=O)c1ccccc1I. The summed E-state index contributed by atoms with van der Waals surface area (Å²) in [5, 5.41) is 3.40. The molecular weight excluding hydrogens is 339 g/mol. The van der Waals surface area contributed by atoms with E-state index in [9.17, 15) is 4.79 Å². The van der Waals surface area contributed by atoms with Crippen LogP contribution in [0.1, 0.15) is 23.7 Å². The molecule has 0 aliphatic carbocycles. The molecule has 0 radical (unpaired) electrons. The van der Waals surface area contributed by atoms with Crippen molar-refractivity contribution in [3.8, 4) is 0 Å². The van der Waals surface area contributed by atoms with Crippen LogP contribution in [0.5, 0.6) is 0 Å². The number of halogens is 1. The van der Waals surface area contributed by atoms with Gasteiger partial charge in [-0.05, 0) is 54.0 Å². The number of carbonyl (C=O) groups excluding carboxylic acids is 1. The molecule has 3 unspecified atom stereocenters. The summed E-state index contributed by atoms with van der Waals surface area (Å²) in [6.07, 6.45) is 1.13. The first-order valence-electron chi connectivity index (χ1n) is 6.46. The first kappa shape index (κ1) is 12.4. The highest BCUT2D eigenvalue weighted by Gasteiger charge is 2.44. The molecule has 0 spiro atoms. The molecule has 2 heterocycles. The smallest absolute Gasteiger partial charge is 0.255 e. The first-order valence-corrected chi connectivity index (χ1v) is 7.54. The van der Waals surface area contributed by atoms with Gasteiger partial charge in [0, 0.05) is 28.7 Å². The lowest BCUT2D eigenvalue weighted by molar-refractivity contribution is 0.0681. The lowest BCUT2D eigenvalue weighted by atomic mass is 10.0. The van der Waals surface area contributed by atoms with Gasteiger partial charge in [0.2, 0.25) is 0 Å². The number of fused-ring (bicyclic) bond motifs is 1. The average molecular weight is 356 g/mol. The van der Waals surface area contributed by atoms with Crippen molar-refractivity contribution in [1.82, 2.24) is 10.2 Å². The summed E-state index contributed by atoms with van der Waals surface area (Å²) >= 11 is 2.25. The maximum atomic E-state index is 12.7. The minimum atomic E-state index is 0.198. The molecular formula is C14H17IN2O. The van der Waals surface area contributed by atoms with Crippen molar-refractivity contribution in [2.24, 2.45) is 5.92 Å². The standard InChI is InChI=1S/C14H17IN2O/c1-9-6-10-7-16-8-13(10)17(9)14(18)11-4-2-3-5-12(11)15/h2-5,9-10,13,16H,6-8H2,1H3. The molecule has 2 fully saturated rings. The van der Waals surface area contributed by atoms with Gasteiger partial charge >= 0.3 is 0 Å². The Morgan fingerprint density at radius 1 is 1.39 bits per heavy atom. The van der Waals surface area contributed by atoms with Crippen molar-refractivity contribution >= 4 is 28.5 Å². The highest BCUT2D eigenvalue weighted by Crippen LogP contribution is 2.33. The maximum absolute atomic E-state index is 12.7. The fourth-order valence-electron chi connectivity index (χ4n) is 3.29. The second-order valence-corrected chi connectivity index (χ2v) is 6.42. The monoisotopic (exact) mass is 356 g/mol. The van der Waals surface area contributed by atoms with Crippen LogP contribution in [0.3, 0.4) is 0 Å². The molecule has 1 aromatic carbocycles. The fourth-order valence-corrected chi connectivity index (χ4v) is 3.91. The molecule has 3 nitrogen and oxygen atoms in total. The zero-order valence-electron chi connectivity index (χ0n) is 10.4. The Balaban J connectivity index is 1.90. The van der Waals surface area contributed by atoms with Crippen molar-refractivity contribution in [2.45, 2.75) is 25.4 Å². The van der Waals surface area contributed by atoms with Gasteiger partial charge in [-0.2, -0.15) is 0 Å². The number of benzene rings is 1. The van der Waals surface area contributed by atoms with E-state index < -0.39 is 0 Å². The highest BCUT2D eigenvalue weighted by molar-refractivity contribution is 14.1. The highest BCUT2D eigenvalue weighted by atomic mass is 127. The predicted octanol–water partition coefficient (Wildman–Crippen LogP) is 2.11. The first-order chi connectivity index (χ1) is 8.68. The summed E-state index contributed by atoms with van der Waals surface area (Å²) in [5.74, 6) is 0.842. The third-order valence-corrected chi connectivity index (χ3v) is 5.06. The van der Waals surface area contributed by atoms with E-state index in [0.29, 0.717) is 18.0 Å². The molecule has 2 aliphatic rings. The van der Waals surface area contributed by atoms with Crippen LogP contribution in [0.4, 0.5) is 0 Å². The van der Waals surface area contributed by atoms with Gasteiger partial charge < -0.3 is 10.2 Å². The van der Waals surface area contributed by atoms with Crippen LogP contribution in [0.2, 0.25) is 0 Å². The molecule has 1 amide bonds.